The van der Waals surface area contributed by atoms with Crippen LogP contribution in [0, 0.1) is 0 Å². The van der Waals surface area contributed by atoms with Gasteiger partial charge in [-0.05, 0) is 17.7 Å². The van der Waals surface area contributed by atoms with Crippen molar-refractivity contribution in [2.24, 2.45) is 0 Å². The van der Waals surface area contributed by atoms with Crippen molar-refractivity contribution in [2.45, 2.75) is 12.6 Å². The summed E-state index contributed by atoms with van der Waals surface area (Å²) in [6.07, 6.45) is 2.41. The molecular formula is C10H10ClN3O. The molecule has 1 N–H and O–H groups in total. The SMILES string of the molecule is O[C@H](Cn1cncn1)c1ccc(Cl)cc1. The van der Waals surface area contributed by atoms with Crippen LogP contribution in [0.15, 0.2) is 36.9 Å². The smallest absolute Gasteiger partial charge is 0.137 e. The van der Waals surface area contributed by atoms with Crippen LogP contribution in [0.3, 0.4) is 0 Å². The highest BCUT2D eigenvalue weighted by molar-refractivity contribution is 6.30. The van der Waals surface area contributed by atoms with Crippen LogP contribution in [0.25, 0.3) is 0 Å². The van der Waals surface area contributed by atoms with Crippen molar-refractivity contribution in [3.05, 3.63) is 47.5 Å². The van der Waals surface area contributed by atoms with Gasteiger partial charge in [0, 0.05) is 5.02 Å². The minimum Gasteiger partial charge on any atom is -0.386 e. The van der Waals surface area contributed by atoms with Gasteiger partial charge in [-0.3, -0.25) is 4.68 Å². The van der Waals surface area contributed by atoms with E-state index in [-0.39, 0.29) is 0 Å². The van der Waals surface area contributed by atoms with Crippen molar-refractivity contribution >= 4 is 11.6 Å². The third kappa shape index (κ3) is 2.55. The van der Waals surface area contributed by atoms with Crippen LogP contribution < -0.4 is 0 Å². The summed E-state index contributed by atoms with van der Waals surface area (Å²) in [7, 11) is 0. The molecule has 0 saturated carbocycles. The summed E-state index contributed by atoms with van der Waals surface area (Å²) in [6, 6.07) is 7.09. The summed E-state index contributed by atoms with van der Waals surface area (Å²) < 4.78 is 1.58. The van der Waals surface area contributed by atoms with E-state index in [0.717, 1.165) is 5.56 Å². The lowest BCUT2D eigenvalue weighted by molar-refractivity contribution is 0.151. The van der Waals surface area contributed by atoms with Crippen molar-refractivity contribution in [1.29, 1.82) is 0 Å². The Kier molecular flexibility index (Phi) is 2.99. The van der Waals surface area contributed by atoms with Crippen molar-refractivity contribution in [3.63, 3.8) is 0 Å². The molecule has 0 aliphatic heterocycles. The molecule has 1 aromatic heterocycles. The van der Waals surface area contributed by atoms with Crippen LogP contribution in [-0.2, 0) is 6.54 Å². The third-order valence-electron chi connectivity index (χ3n) is 2.08. The number of benzene rings is 1. The second kappa shape index (κ2) is 4.42. The Morgan fingerprint density at radius 2 is 2.07 bits per heavy atom. The Labute approximate surface area is 92.1 Å². The number of nitrogens with zero attached hydrogens (tertiary/aromatic N) is 3. The van der Waals surface area contributed by atoms with Crippen LogP contribution in [0.1, 0.15) is 11.7 Å². The number of hydrogen-bond donors (Lipinski definition) is 1. The maximum absolute atomic E-state index is 9.85. The van der Waals surface area contributed by atoms with Crippen LogP contribution in [0.2, 0.25) is 5.02 Å². The molecule has 1 heterocycles. The molecule has 0 radical (unpaired) electrons. The average molecular weight is 224 g/mol. The van der Waals surface area contributed by atoms with Gasteiger partial charge in [-0.25, -0.2) is 4.98 Å². The minimum atomic E-state index is -0.594. The minimum absolute atomic E-state index is 0.391. The van der Waals surface area contributed by atoms with E-state index in [1.807, 2.05) is 0 Å². The standard InChI is InChI=1S/C10H10ClN3O/c11-9-3-1-8(2-4-9)10(15)5-14-7-12-6-13-14/h1-4,6-7,10,15H,5H2/t10-/m1/s1. The van der Waals surface area contributed by atoms with Gasteiger partial charge >= 0.3 is 0 Å². The van der Waals surface area contributed by atoms with E-state index in [0.29, 0.717) is 11.6 Å². The van der Waals surface area contributed by atoms with Crippen molar-refractivity contribution in [2.75, 3.05) is 0 Å². The number of aliphatic hydroxyl groups is 1. The first kappa shape index (κ1) is 10.1. The van der Waals surface area contributed by atoms with Gasteiger partial charge < -0.3 is 5.11 Å². The van der Waals surface area contributed by atoms with Crippen molar-refractivity contribution in [3.8, 4) is 0 Å². The number of aromatic nitrogens is 3. The quantitative estimate of drug-likeness (QED) is 0.861. The van der Waals surface area contributed by atoms with Gasteiger partial charge in [0.2, 0.25) is 0 Å². The topological polar surface area (TPSA) is 50.9 Å². The van der Waals surface area contributed by atoms with Gasteiger partial charge in [0.05, 0.1) is 12.6 Å². The number of aliphatic hydroxyl groups excluding tert-OH is 1. The summed E-state index contributed by atoms with van der Waals surface area (Å²) in [4.78, 5) is 3.80. The van der Waals surface area contributed by atoms with E-state index >= 15 is 0 Å². The lowest BCUT2D eigenvalue weighted by atomic mass is 10.1. The molecule has 78 valence electrons. The predicted octanol–water partition coefficient (Wildman–Crippen LogP) is 1.67. The Morgan fingerprint density at radius 3 is 2.67 bits per heavy atom. The number of rotatable bonds is 3. The second-order valence-electron chi connectivity index (χ2n) is 3.18. The number of hydrogen-bond acceptors (Lipinski definition) is 3. The summed E-state index contributed by atoms with van der Waals surface area (Å²) >= 11 is 5.75. The third-order valence-corrected chi connectivity index (χ3v) is 2.33. The molecule has 0 aliphatic carbocycles. The Bertz CT molecular complexity index is 413. The van der Waals surface area contributed by atoms with Crippen LogP contribution >= 0.6 is 11.6 Å². The predicted molar refractivity (Wildman–Crippen MR) is 56.4 cm³/mol. The van der Waals surface area contributed by atoms with Gasteiger partial charge in [0.25, 0.3) is 0 Å². The molecule has 15 heavy (non-hydrogen) atoms. The molecule has 1 aromatic carbocycles. The molecule has 2 rings (SSSR count). The molecule has 5 heteroatoms. The first-order valence-electron chi connectivity index (χ1n) is 4.51. The molecule has 0 bridgehead atoms. The van der Waals surface area contributed by atoms with Crippen LogP contribution in [0.4, 0.5) is 0 Å². The van der Waals surface area contributed by atoms with E-state index in [9.17, 15) is 5.11 Å². The highest BCUT2D eigenvalue weighted by Gasteiger charge is 2.08. The molecule has 4 nitrogen and oxygen atoms in total. The van der Waals surface area contributed by atoms with E-state index in [1.165, 1.54) is 6.33 Å². The van der Waals surface area contributed by atoms with E-state index in [4.69, 9.17) is 11.6 Å². The van der Waals surface area contributed by atoms with Gasteiger partial charge in [0.1, 0.15) is 12.7 Å². The van der Waals surface area contributed by atoms with E-state index < -0.39 is 6.10 Å². The fourth-order valence-electron chi connectivity index (χ4n) is 1.29. The average Bonchev–Trinajstić information content (AvgIpc) is 2.71. The zero-order valence-corrected chi connectivity index (χ0v) is 8.67. The zero-order chi connectivity index (χ0) is 10.7. The summed E-state index contributed by atoms with van der Waals surface area (Å²) in [5, 5.41) is 14.4. The van der Waals surface area contributed by atoms with Gasteiger partial charge in [-0.1, -0.05) is 23.7 Å². The van der Waals surface area contributed by atoms with Crippen molar-refractivity contribution in [1.82, 2.24) is 14.8 Å². The first-order chi connectivity index (χ1) is 7.25. The highest BCUT2D eigenvalue weighted by Crippen LogP contribution is 2.17. The van der Waals surface area contributed by atoms with Crippen LogP contribution in [0.5, 0.6) is 0 Å². The van der Waals surface area contributed by atoms with Gasteiger partial charge in [0.15, 0.2) is 0 Å². The monoisotopic (exact) mass is 223 g/mol. The molecule has 1 atom stereocenters. The van der Waals surface area contributed by atoms with Gasteiger partial charge in [-0.2, -0.15) is 5.10 Å². The summed E-state index contributed by atoms with van der Waals surface area (Å²) in [5.74, 6) is 0. The molecule has 0 fully saturated rings. The molecule has 0 spiro atoms. The molecule has 0 unspecified atom stereocenters. The van der Waals surface area contributed by atoms with E-state index in [1.54, 1.807) is 35.3 Å². The van der Waals surface area contributed by atoms with E-state index in [2.05, 4.69) is 10.1 Å². The lowest BCUT2D eigenvalue weighted by Crippen LogP contribution is -2.08. The molecule has 0 amide bonds. The highest BCUT2D eigenvalue weighted by atomic mass is 35.5. The van der Waals surface area contributed by atoms with Gasteiger partial charge in [-0.15, -0.1) is 0 Å². The maximum Gasteiger partial charge on any atom is 0.137 e. The largest absolute Gasteiger partial charge is 0.386 e. The van der Waals surface area contributed by atoms with Crippen LogP contribution in [-0.4, -0.2) is 19.9 Å². The Hall–Kier alpha value is -1.39. The fourth-order valence-corrected chi connectivity index (χ4v) is 1.42. The first-order valence-corrected chi connectivity index (χ1v) is 4.89. The Morgan fingerprint density at radius 1 is 1.33 bits per heavy atom. The normalized spacial score (nSPS) is 12.7. The fraction of sp³-hybridized carbons (Fsp3) is 0.200. The Balaban J connectivity index is 2.08. The second-order valence-corrected chi connectivity index (χ2v) is 3.62. The summed E-state index contributed by atoms with van der Waals surface area (Å²) in [5.41, 5.74) is 0.815. The summed E-state index contributed by atoms with van der Waals surface area (Å²) in [6.45, 7) is 0.391. The molecular weight excluding hydrogens is 214 g/mol. The molecule has 0 aliphatic rings. The van der Waals surface area contributed by atoms with Crippen molar-refractivity contribution < 1.29 is 5.11 Å². The lowest BCUT2D eigenvalue weighted by Gasteiger charge is -2.10. The maximum atomic E-state index is 9.85. The zero-order valence-electron chi connectivity index (χ0n) is 7.92. The molecule has 0 saturated heterocycles. The number of halogens is 1. The molecule has 2 aromatic rings.